The van der Waals surface area contributed by atoms with E-state index in [9.17, 15) is 28.1 Å². The highest BCUT2D eigenvalue weighted by molar-refractivity contribution is 5.77. The van der Waals surface area contributed by atoms with Gasteiger partial charge in [0.25, 0.3) is 5.69 Å². The molecule has 0 aromatic heterocycles. The second kappa shape index (κ2) is 8.17. The number of nitrogens with one attached hydrogen (secondary N) is 1. The van der Waals surface area contributed by atoms with Gasteiger partial charge in [-0.2, -0.15) is 13.2 Å². The molecule has 0 aliphatic carbocycles. The number of anilines is 1. The normalized spacial score (nSPS) is 11.9. The van der Waals surface area contributed by atoms with Crippen molar-refractivity contribution in [3.05, 3.63) is 34.4 Å². The van der Waals surface area contributed by atoms with Crippen LogP contribution in [-0.2, 0) is 4.79 Å². The fourth-order valence-corrected chi connectivity index (χ4v) is 2.27. The predicted octanol–water partition coefficient (Wildman–Crippen LogP) is 3.83. The third kappa shape index (κ3) is 7.86. The Morgan fingerprint density at radius 2 is 1.80 bits per heavy atom. The van der Waals surface area contributed by atoms with Crippen LogP contribution < -0.4 is 5.32 Å². The van der Waals surface area contributed by atoms with Crippen LogP contribution in [0.4, 0.5) is 24.5 Å². The maximum absolute atomic E-state index is 12.7. The van der Waals surface area contributed by atoms with Crippen molar-refractivity contribution < 1.29 is 22.9 Å². The fourth-order valence-electron chi connectivity index (χ4n) is 2.27. The summed E-state index contributed by atoms with van der Waals surface area (Å²) in [6.07, 6.45) is -4.68. The number of halogens is 3. The molecule has 1 amide bonds. The Morgan fingerprint density at radius 3 is 2.32 bits per heavy atom. The van der Waals surface area contributed by atoms with Gasteiger partial charge in [-0.3, -0.25) is 14.9 Å². The zero-order valence-electron chi connectivity index (χ0n) is 14.4. The molecule has 0 radical (unpaired) electrons. The van der Waals surface area contributed by atoms with Crippen molar-refractivity contribution >= 4 is 17.3 Å². The molecule has 6 nitrogen and oxygen atoms in total. The summed E-state index contributed by atoms with van der Waals surface area (Å²) in [5.74, 6) is -0.654. The van der Waals surface area contributed by atoms with Crippen molar-refractivity contribution in [1.82, 2.24) is 4.90 Å². The van der Waals surface area contributed by atoms with Gasteiger partial charge in [-0.05, 0) is 11.5 Å². The minimum atomic E-state index is -4.48. The average Bonchev–Trinajstić information content (AvgIpc) is 2.43. The van der Waals surface area contributed by atoms with E-state index in [1.165, 1.54) is 18.2 Å². The van der Waals surface area contributed by atoms with Gasteiger partial charge in [0.15, 0.2) is 0 Å². The molecule has 0 heterocycles. The summed E-state index contributed by atoms with van der Waals surface area (Å²) >= 11 is 0. The summed E-state index contributed by atoms with van der Waals surface area (Å²) in [6, 6.07) is 5.88. The summed E-state index contributed by atoms with van der Waals surface area (Å²) in [7, 11) is 0. The minimum absolute atomic E-state index is 0.00217. The molecule has 25 heavy (non-hydrogen) atoms. The lowest BCUT2D eigenvalue weighted by Crippen LogP contribution is -2.43. The molecule has 1 aromatic rings. The molecule has 140 valence electrons. The van der Waals surface area contributed by atoms with Gasteiger partial charge in [-0.1, -0.05) is 32.9 Å². The minimum Gasteiger partial charge on any atom is -0.379 e. The molecule has 0 saturated carbocycles. The van der Waals surface area contributed by atoms with E-state index in [2.05, 4.69) is 5.32 Å². The van der Waals surface area contributed by atoms with Crippen LogP contribution in [0.5, 0.6) is 0 Å². The second-order valence-corrected chi connectivity index (χ2v) is 6.88. The molecule has 0 fully saturated rings. The third-order valence-electron chi connectivity index (χ3n) is 3.14. The van der Waals surface area contributed by atoms with E-state index in [1.54, 1.807) is 26.8 Å². The molecule has 9 heteroatoms. The number of carbonyl (C=O) groups is 1. The lowest BCUT2D eigenvalue weighted by molar-refractivity contribution is -0.384. The molecule has 1 aromatic carbocycles. The Morgan fingerprint density at radius 1 is 1.20 bits per heavy atom. The lowest BCUT2D eigenvalue weighted by atomic mass is 9.96. The fraction of sp³-hybridized carbons (Fsp3) is 0.562. The number of benzene rings is 1. The van der Waals surface area contributed by atoms with E-state index >= 15 is 0 Å². The van der Waals surface area contributed by atoms with Gasteiger partial charge in [-0.15, -0.1) is 0 Å². The first-order valence-electron chi connectivity index (χ1n) is 7.71. The second-order valence-electron chi connectivity index (χ2n) is 6.88. The van der Waals surface area contributed by atoms with E-state index in [-0.39, 0.29) is 30.9 Å². The number of hydrogen-bond donors (Lipinski definition) is 1. The number of rotatable bonds is 7. The molecule has 0 atom stereocenters. The van der Waals surface area contributed by atoms with Gasteiger partial charge < -0.3 is 10.2 Å². The number of nitrogens with zero attached hydrogens (tertiary/aromatic N) is 2. The maximum Gasteiger partial charge on any atom is 0.406 e. The van der Waals surface area contributed by atoms with Gasteiger partial charge in [0.05, 0.1) is 4.92 Å². The SMILES string of the molecule is CC(C)(C)CN(CC(F)(F)F)C(=O)CCNc1ccccc1[N+](=O)[O-]. The van der Waals surface area contributed by atoms with Gasteiger partial charge in [0, 0.05) is 25.6 Å². The molecular formula is C16H22F3N3O3. The van der Waals surface area contributed by atoms with E-state index in [4.69, 9.17) is 0 Å². The highest BCUT2D eigenvalue weighted by Gasteiger charge is 2.34. The highest BCUT2D eigenvalue weighted by atomic mass is 19.4. The number of amides is 1. The number of alkyl halides is 3. The summed E-state index contributed by atoms with van der Waals surface area (Å²) in [5.41, 5.74) is -0.415. The average molecular weight is 361 g/mol. The Kier molecular flexibility index (Phi) is 6.78. The topological polar surface area (TPSA) is 75.5 Å². The predicted molar refractivity (Wildman–Crippen MR) is 88.3 cm³/mol. The van der Waals surface area contributed by atoms with Crippen molar-refractivity contribution in [3.63, 3.8) is 0 Å². The monoisotopic (exact) mass is 361 g/mol. The Labute approximate surface area is 144 Å². The zero-order chi connectivity index (χ0) is 19.3. The lowest BCUT2D eigenvalue weighted by Gasteiger charge is -2.30. The largest absolute Gasteiger partial charge is 0.406 e. The van der Waals surface area contributed by atoms with Crippen LogP contribution in [0.1, 0.15) is 27.2 Å². The Balaban J connectivity index is 2.70. The van der Waals surface area contributed by atoms with Crippen LogP contribution in [0, 0.1) is 15.5 Å². The van der Waals surface area contributed by atoms with Crippen LogP contribution in [0.25, 0.3) is 0 Å². The van der Waals surface area contributed by atoms with Crippen LogP contribution in [0.3, 0.4) is 0 Å². The van der Waals surface area contributed by atoms with Crippen LogP contribution in [0.15, 0.2) is 24.3 Å². The van der Waals surface area contributed by atoms with Gasteiger partial charge in [0.2, 0.25) is 5.91 Å². The number of hydrogen-bond acceptors (Lipinski definition) is 4. The summed E-state index contributed by atoms with van der Waals surface area (Å²) < 4.78 is 38.1. The van der Waals surface area contributed by atoms with Crippen molar-refractivity contribution in [2.75, 3.05) is 25.0 Å². The Bertz CT molecular complexity index is 597. The maximum atomic E-state index is 12.7. The summed E-state index contributed by atoms with van der Waals surface area (Å²) in [4.78, 5) is 23.3. The number of nitro benzene ring substituents is 1. The van der Waals surface area contributed by atoms with E-state index in [0.717, 1.165) is 4.90 Å². The molecule has 1 N–H and O–H groups in total. The van der Waals surface area contributed by atoms with Gasteiger partial charge in [-0.25, -0.2) is 0 Å². The molecule has 0 aliphatic rings. The molecule has 0 bridgehead atoms. The van der Waals surface area contributed by atoms with Crippen molar-refractivity contribution in [1.29, 1.82) is 0 Å². The van der Waals surface area contributed by atoms with Crippen molar-refractivity contribution in [2.24, 2.45) is 5.41 Å². The first-order valence-corrected chi connectivity index (χ1v) is 7.71. The molecule has 0 saturated heterocycles. The smallest absolute Gasteiger partial charge is 0.379 e. The summed E-state index contributed by atoms with van der Waals surface area (Å²) in [6.45, 7) is 3.90. The van der Waals surface area contributed by atoms with Crippen molar-refractivity contribution in [2.45, 2.75) is 33.4 Å². The van der Waals surface area contributed by atoms with Crippen LogP contribution in [0.2, 0.25) is 0 Å². The Hall–Kier alpha value is -2.32. The van der Waals surface area contributed by atoms with Gasteiger partial charge >= 0.3 is 6.18 Å². The molecule has 1 rings (SSSR count). The van der Waals surface area contributed by atoms with Crippen LogP contribution >= 0.6 is 0 Å². The number of carbonyl (C=O) groups excluding carboxylic acids is 1. The molecule has 0 spiro atoms. The molecular weight excluding hydrogens is 339 g/mol. The first-order chi connectivity index (χ1) is 11.4. The summed E-state index contributed by atoms with van der Waals surface area (Å²) in [5, 5.41) is 13.6. The number of nitro groups is 1. The van der Waals surface area contributed by atoms with Crippen LogP contribution in [-0.4, -0.2) is 41.5 Å². The molecule has 0 unspecified atom stereocenters. The standard InChI is InChI=1S/C16H22F3N3O3/c1-15(2,3)10-21(11-16(17,18)19)14(23)8-9-20-12-6-4-5-7-13(12)22(24)25/h4-7,20H,8-11H2,1-3H3. The third-order valence-corrected chi connectivity index (χ3v) is 3.14. The number of para-hydroxylation sites is 2. The van der Waals surface area contributed by atoms with Crippen molar-refractivity contribution in [3.8, 4) is 0 Å². The van der Waals surface area contributed by atoms with E-state index in [0.29, 0.717) is 0 Å². The quantitative estimate of drug-likeness (QED) is 0.591. The zero-order valence-corrected chi connectivity index (χ0v) is 14.4. The van der Waals surface area contributed by atoms with E-state index < -0.39 is 29.0 Å². The highest BCUT2D eigenvalue weighted by Crippen LogP contribution is 2.24. The first kappa shape index (κ1) is 20.7. The van der Waals surface area contributed by atoms with E-state index in [1.807, 2.05) is 0 Å². The molecule has 0 aliphatic heterocycles. The van der Waals surface area contributed by atoms with Gasteiger partial charge in [0.1, 0.15) is 12.2 Å².